The number of benzene rings is 1. The first-order valence-corrected chi connectivity index (χ1v) is 8.00. The molecule has 8 nitrogen and oxygen atoms in total. The summed E-state index contributed by atoms with van der Waals surface area (Å²) in [7, 11) is 0. The maximum atomic E-state index is 12.4. The van der Waals surface area contributed by atoms with Gasteiger partial charge in [0.1, 0.15) is 5.82 Å². The Kier molecular flexibility index (Phi) is 3.62. The van der Waals surface area contributed by atoms with Crippen molar-refractivity contribution >= 4 is 29.2 Å². The van der Waals surface area contributed by atoms with Crippen molar-refractivity contribution in [3.8, 4) is 5.69 Å². The van der Waals surface area contributed by atoms with Gasteiger partial charge in [0.25, 0.3) is 17.4 Å². The summed E-state index contributed by atoms with van der Waals surface area (Å²) in [6.45, 7) is 0.512. The second-order valence-electron chi connectivity index (χ2n) is 5.80. The van der Waals surface area contributed by atoms with Crippen LogP contribution in [0.5, 0.6) is 0 Å². The lowest BCUT2D eigenvalue weighted by molar-refractivity contribution is 0.0880. The predicted molar refractivity (Wildman–Crippen MR) is 94.6 cm³/mol. The number of imide groups is 1. The van der Waals surface area contributed by atoms with E-state index in [9.17, 15) is 14.4 Å². The van der Waals surface area contributed by atoms with E-state index in [1.807, 2.05) is 12.1 Å². The third kappa shape index (κ3) is 2.56. The Morgan fingerprint density at radius 3 is 2.50 bits per heavy atom. The summed E-state index contributed by atoms with van der Waals surface area (Å²) < 4.78 is 2.88. The molecule has 1 aliphatic rings. The number of carbonyl (C=O) groups excluding carboxylic acids is 2. The van der Waals surface area contributed by atoms with Crippen molar-refractivity contribution in [3.63, 3.8) is 0 Å². The van der Waals surface area contributed by atoms with Gasteiger partial charge in [0, 0.05) is 12.3 Å². The SMILES string of the molecule is Nc1c2c(cc(=O)n1-c1ccc(Cn3cc(Cl)cn3)cc1)C(=O)NC2=O. The van der Waals surface area contributed by atoms with E-state index in [0.29, 0.717) is 17.3 Å². The molecule has 130 valence electrons. The number of nitrogen functional groups attached to an aromatic ring is 1. The number of amides is 2. The molecular weight excluding hydrogens is 358 g/mol. The van der Waals surface area contributed by atoms with Gasteiger partial charge in [0.2, 0.25) is 0 Å². The van der Waals surface area contributed by atoms with E-state index >= 15 is 0 Å². The first kappa shape index (κ1) is 16.1. The van der Waals surface area contributed by atoms with Crippen LogP contribution in [0.1, 0.15) is 26.3 Å². The molecule has 9 heteroatoms. The number of hydrogen-bond acceptors (Lipinski definition) is 5. The molecule has 0 saturated heterocycles. The van der Waals surface area contributed by atoms with Gasteiger partial charge in [-0.1, -0.05) is 23.7 Å². The van der Waals surface area contributed by atoms with E-state index in [-0.39, 0.29) is 16.9 Å². The van der Waals surface area contributed by atoms with Crippen molar-refractivity contribution in [2.24, 2.45) is 0 Å². The summed E-state index contributed by atoms with van der Waals surface area (Å²) in [5, 5.41) is 6.79. The van der Waals surface area contributed by atoms with Crippen LogP contribution >= 0.6 is 11.6 Å². The standard InChI is InChI=1S/C17H12ClN5O3/c18-10-6-20-22(8-10)7-9-1-3-11(4-2-9)23-13(24)5-12-14(15(23)19)17(26)21-16(12)25/h1-6,8H,7,19H2,(H,21,25,26). The Morgan fingerprint density at radius 1 is 1.12 bits per heavy atom. The maximum absolute atomic E-state index is 12.4. The zero-order valence-electron chi connectivity index (χ0n) is 13.3. The van der Waals surface area contributed by atoms with E-state index in [2.05, 4.69) is 10.4 Å². The minimum absolute atomic E-state index is 0.000862. The second-order valence-corrected chi connectivity index (χ2v) is 6.23. The topological polar surface area (TPSA) is 112 Å². The molecule has 0 aliphatic carbocycles. The molecule has 0 unspecified atom stereocenters. The molecule has 3 N–H and O–H groups in total. The van der Waals surface area contributed by atoms with Gasteiger partial charge in [0.05, 0.1) is 34.6 Å². The number of nitrogens with zero attached hydrogens (tertiary/aromatic N) is 3. The number of rotatable bonds is 3. The van der Waals surface area contributed by atoms with Crippen LogP contribution in [-0.4, -0.2) is 26.2 Å². The highest BCUT2D eigenvalue weighted by Crippen LogP contribution is 2.23. The molecule has 0 atom stereocenters. The number of pyridine rings is 1. The van der Waals surface area contributed by atoms with Gasteiger partial charge in [-0.05, 0) is 17.7 Å². The molecule has 0 radical (unpaired) electrons. The summed E-state index contributed by atoms with van der Waals surface area (Å²) in [6.07, 6.45) is 3.25. The van der Waals surface area contributed by atoms with Crippen LogP contribution in [0.3, 0.4) is 0 Å². The zero-order chi connectivity index (χ0) is 18.4. The lowest BCUT2D eigenvalue weighted by Gasteiger charge is -2.12. The van der Waals surface area contributed by atoms with Crippen LogP contribution in [0.2, 0.25) is 5.02 Å². The quantitative estimate of drug-likeness (QED) is 0.674. The highest BCUT2D eigenvalue weighted by Gasteiger charge is 2.31. The van der Waals surface area contributed by atoms with Crippen LogP contribution in [-0.2, 0) is 6.54 Å². The fourth-order valence-electron chi connectivity index (χ4n) is 2.91. The Hall–Kier alpha value is -3.39. The van der Waals surface area contributed by atoms with Crippen molar-refractivity contribution in [3.05, 3.63) is 74.8 Å². The predicted octanol–water partition coefficient (Wildman–Crippen LogP) is 1.20. The average molecular weight is 370 g/mol. The summed E-state index contributed by atoms with van der Waals surface area (Å²) in [6, 6.07) is 8.16. The van der Waals surface area contributed by atoms with E-state index in [1.54, 1.807) is 29.2 Å². The van der Waals surface area contributed by atoms with Crippen molar-refractivity contribution < 1.29 is 9.59 Å². The van der Waals surface area contributed by atoms with Crippen LogP contribution in [0.25, 0.3) is 5.69 Å². The van der Waals surface area contributed by atoms with Gasteiger partial charge >= 0.3 is 0 Å². The van der Waals surface area contributed by atoms with E-state index in [1.165, 1.54) is 4.57 Å². The molecule has 0 bridgehead atoms. The number of nitrogens with one attached hydrogen (secondary N) is 1. The Bertz CT molecular complexity index is 1110. The number of aromatic nitrogens is 3. The van der Waals surface area contributed by atoms with E-state index in [0.717, 1.165) is 11.6 Å². The minimum atomic E-state index is -0.616. The summed E-state index contributed by atoms with van der Waals surface area (Å²) in [5.74, 6) is -1.29. The summed E-state index contributed by atoms with van der Waals surface area (Å²) in [5.41, 5.74) is 6.97. The normalized spacial score (nSPS) is 13.0. The molecule has 3 heterocycles. The largest absolute Gasteiger partial charge is 0.384 e. The molecule has 2 aromatic heterocycles. The molecule has 26 heavy (non-hydrogen) atoms. The molecule has 4 rings (SSSR count). The van der Waals surface area contributed by atoms with Crippen molar-refractivity contribution in [2.45, 2.75) is 6.54 Å². The third-order valence-electron chi connectivity index (χ3n) is 4.09. The number of halogens is 1. The lowest BCUT2D eigenvalue weighted by atomic mass is 10.1. The van der Waals surface area contributed by atoms with Gasteiger partial charge in [-0.15, -0.1) is 0 Å². The highest BCUT2D eigenvalue weighted by atomic mass is 35.5. The zero-order valence-corrected chi connectivity index (χ0v) is 14.0. The number of fused-ring (bicyclic) bond motifs is 1. The van der Waals surface area contributed by atoms with Gasteiger partial charge in [0.15, 0.2) is 0 Å². The summed E-state index contributed by atoms with van der Waals surface area (Å²) in [4.78, 5) is 36.0. The molecule has 0 saturated carbocycles. The monoisotopic (exact) mass is 369 g/mol. The van der Waals surface area contributed by atoms with Gasteiger partial charge < -0.3 is 5.73 Å². The third-order valence-corrected chi connectivity index (χ3v) is 4.29. The molecule has 2 amide bonds. The Balaban J connectivity index is 1.72. The van der Waals surface area contributed by atoms with Gasteiger partial charge in [-0.2, -0.15) is 5.10 Å². The van der Waals surface area contributed by atoms with E-state index in [4.69, 9.17) is 17.3 Å². The number of anilines is 1. The fourth-order valence-corrected chi connectivity index (χ4v) is 3.06. The molecule has 1 aliphatic heterocycles. The number of hydrogen-bond donors (Lipinski definition) is 2. The summed E-state index contributed by atoms with van der Waals surface area (Å²) >= 11 is 5.84. The fraction of sp³-hybridized carbons (Fsp3) is 0.0588. The highest BCUT2D eigenvalue weighted by molar-refractivity contribution is 6.30. The number of nitrogens with two attached hydrogens (primary N) is 1. The molecule has 3 aromatic rings. The van der Waals surface area contributed by atoms with Crippen LogP contribution in [0.15, 0.2) is 47.5 Å². The minimum Gasteiger partial charge on any atom is -0.384 e. The van der Waals surface area contributed by atoms with Crippen LogP contribution in [0, 0.1) is 0 Å². The number of carbonyl (C=O) groups is 2. The maximum Gasteiger partial charge on any atom is 0.262 e. The van der Waals surface area contributed by atoms with Gasteiger partial charge in [-0.3, -0.25) is 28.9 Å². The van der Waals surface area contributed by atoms with Crippen molar-refractivity contribution in [2.75, 3.05) is 5.73 Å². The van der Waals surface area contributed by atoms with Crippen molar-refractivity contribution in [1.82, 2.24) is 19.7 Å². The first-order valence-electron chi connectivity index (χ1n) is 7.62. The van der Waals surface area contributed by atoms with Crippen LogP contribution < -0.4 is 16.6 Å². The molecule has 0 spiro atoms. The van der Waals surface area contributed by atoms with Crippen molar-refractivity contribution in [1.29, 1.82) is 0 Å². The molecular formula is C17H12ClN5O3. The molecule has 1 aromatic carbocycles. The second kappa shape index (κ2) is 5.85. The molecule has 0 fully saturated rings. The first-order chi connectivity index (χ1) is 12.4. The smallest absolute Gasteiger partial charge is 0.262 e. The Morgan fingerprint density at radius 2 is 1.85 bits per heavy atom. The Labute approximate surface area is 151 Å². The lowest BCUT2D eigenvalue weighted by Crippen LogP contribution is -2.24. The average Bonchev–Trinajstić information content (AvgIpc) is 3.12. The van der Waals surface area contributed by atoms with Gasteiger partial charge in [-0.25, -0.2) is 0 Å². The van der Waals surface area contributed by atoms with E-state index < -0.39 is 17.4 Å². The van der Waals surface area contributed by atoms with Crippen LogP contribution in [0.4, 0.5) is 5.82 Å².